The van der Waals surface area contributed by atoms with Crippen LogP contribution in [0.15, 0.2) is 0 Å². The molecular formula is C13H22O. The zero-order valence-corrected chi connectivity index (χ0v) is 9.62. The third-order valence-electron chi connectivity index (χ3n) is 4.37. The number of ketones is 1. The van der Waals surface area contributed by atoms with Gasteiger partial charge in [0.15, 0.2) is 0 Å². The Kier molecular flexibility index (Phi) is 2.68. The quantitative estimate of drug-likeness (QED) is 0.674. The molecule has 0 aromatic carbocycles. The van der Waals surface area contributed by atoms with Crippen LogP contribution in [-0.2, 0) is 4.79 Å². The zero-order valence-electron chi connectivity index (χ0n) is 9.62. The lowest BCUT2D eigenvalue weighted by Gasteiger charge is -2.20. The molecule has 0 aromatic heterocycles. The fraction of sp³-hybridized carbons (Fsp3) is 0.923. The molecule has 0 saturated heterocycles. The van der Waals surface area contributed by atoms with Crippen LogP contribution in [0.25, 0.3) is 0 Å². The Labute approximate surface area is 87.3 Å². The molecule has 14 heavy (non-hydrogen) atoms. The van der Waals surface area contributed by atoms with Crippen molar-refractivity contribution < 1.29 is 4.79 Å². The smallest absolute Gasteiger partial charge is 0.133 e. The second-order valence-electron chi connectivity index (χ2n) is 5.75. The Morgan fingerprint density at radius 1 is 1.36 bits per heavy atom. The first-order chi connectivity index (χ1) is 6.59. The largest absolute Gasteiger partial charge is 0.300 e. The lowest BCUT2D eigenvalue weighted by molar-refractivity contribution is -0.122. The molecule has 0 aromatic rings. The topological polar surface area (TPSA) is 17.1 Å². The van der Waals surface area contributed by atoms with Crippen molar-refractivity contribution in [2.24, 2.45) is 29.6 Å². The molecule has 2 aliphatic carbocycles. The molecule has 0 heterocycles. The van der Waals surface area contributed by atoms with Crippen molar-refractivity contribution in [3.63, 3.8) is 0 Å². The average Bonchev–Trinajstić information content (AvgIpc) is 2.61. The number of hydrogen-bond donors (Lipinski definition) is 0. The first-order valence-corrected chi connectivity index (χ1v) is 6.10. The van der Waals surface area contributed by atoms with Gasteiger partial charge in [0.2, 0.25) is 0 Å². The molecule has 1 nitrogen and oxygen atoms in total. The van der Waals surface area contributed by atoms with Gasteiger partial charge in [-0.2, -0.15) is 0 Å². The highest BCUT2D eigenvalue weighted by Crippen LogP contribution is 2.54. The van der Waals surface area contributed by atoms with E-state index in [1.54, 1.807) is 6.92 Å². The number of carbonyl (C=O) groups excluding carboxylic acids is 1. The van der Waals surface area contributed by atoms with Crippen molar-refractivity contribution in [3.8, 4) is 0 Å². The van der Waals surface area contributed by atoms with Crippen LogP contribution >= 0.6 is 0 Å². The second-order valence-corrected chi connectivity index (χ2v) is 5.75. The van der Waals surface area contributed by atoms with Gasteiger partial charge in [-0.25, -0.2) is 0 Å². The molecule has 2 rings (SSSR count). The van der Waals surface area contributed by atoms with Crippen molar-refractivity contribution in [2.45, 2.75) is 46.5 Å². The normalized spacial score (nSPS) is 40.9. The summed E-state index contributed by atoms with van der Waals surface area (Å²) in [5, 5.41) is 0. The summed E-state index contributed by atoms with van der Waals surface area (Å²) in [5.74, 6) is 4.19. The molecule has 0 radical (unpaired) electrons. The second kappa shape index (κ2) is 3.67. The molecule has 1 heteroatoms. The Morgan fingerprint density at radius 3 is 2.57 bits per heavy atom. The maximum Gasteiger partial charge on any atom is 0.133 e. The highest BCUT2D eigenvalue weighted by molar-refractivity contribution is 5.79. The molecular weight excluding hydrogens is 172 g/mol. The molecule has 2 aliphatic rings. The highest BCUT2D eigenvalue weighted by atomic mass is 16.1. The van der Waals surface area contributed by atoms with Crippen LogP contribution in [0.3, 0.4) is 0 Å². The summed E-state index contributed by atoms with van der Waals surface area (Å²) >= 11 is 0. The van der Waals surface area contributed by atoms with E-state index in [1.165, 1.54) is 25.7 Å². The fourth-order valence-electron chi connectivity index (χ4n) is 3.86. The summed E-state index contributed by atoms with van der Waals surface area (Å²) in [5.41, 5.74) is 0. The zero-order chi connectivity index (χ0) is 10.3. The van der Waals surface area contributed by atoms with Gasteiger partial charge in [-0.3, -0.25) is 4.79 Å². The molecule has 2 bridgehead atoms. The number of Topliss-reactive ketones (excluding diaryl/α,β-unsaturated/α-hetero) is 1. The van der Waals surface area contributed by atoms with Crippen LogP contribution in [0.2, 0.25) is 0 Å². The minimum atomic E-state index is 0.428. The van der Waals surface area contributed by atoms with Gasteiger partial charge in [-0.15, -0.1) is 0 Å². The van der Waals surface area contributed by atoms with Crippen LogP contribution in [-0.4, -0.2) is 5.78 Å². The van der Waals surface area contributed by atoms with Gasteiger partial charge in [0, 0.05) is 5.92 Å². The van der Waals surface area contributed by atoms with Crippen LogP contribution in [0.1, 0.15) is 46.5 Å². The maximum absolute atomic E-state index is 11.5. The van der Waals surface area contributed by atoms with Gasteiger partial charge in [0.05, 0.1) is 0 Å². The number of rotatable bonds is 3. The van der Waals surface area contributed by atoms with Gasteiger partial charge >= 0.3 is 0 Å². The average molecular weight is 194 g/mol. The van der Waals surface area contributed by atoms with E-state index in [9.17, 15) is 4.79 Å². The highest BCUT2D eigenvalue weighted by Gasteiger charge is 2.48. The molecule has 2 fully saturated rings. The van der Waals surface area contributed by atoms with Crippen molar-refractivity contribution in [1.82, 2.24) is 0 Å². The molecule has 0 N–H and O–H groups in total. The first-order valence-electron chi connectivity index (χ1n) is 6.10. The molecule has 2 saturated carbocycles. The number of hydrogen-bond acceptors (Lipinski definition) is 1. The SMILES string of the molecule is CC(=O)C1CC2CCC1C2CC(C)C. The minimum absolute atomic E-state index is 0.428. The van der Waals surface area contributed by atoms with E-state index >= 15 is 0 Å². The fourth-order valence-corrected chi connectivity index (χ4v) is 3.86. The Morgan fingerprint density at radius 2 is 2.07 bits per heavy atom. The summed E-state index contributed by atoms with van der Waals surface area (Å²) in [6, 6.07) is 0. The lowest BCUT2D eigenvalue weighted by Crippen LogP contribution is -2.20. The van der Waals surface area contributed by atoms with Crippen LogP contribution in [0.4, 0.5) is 0 Å². The van der Waals surface area contributed by atoms with Crippen molar-refractivity contribution in [2.75, 3.05) is 0 Å². The molecule has 4 unspecified atom stereocenters. The lowest BCUT2D eigenvalue weighted by atomic mass is 9.84. The monoisotopic (exact) mass is 194 g/mol. The molecule has 4 atom stereocenters. The number of carbonyl (C=O) groups is 1. The summed E-state index contributed by atoms with van der Waals surface area (Å²) in [6.45, 7) is 6.40. The van der Waals surface area contributed by atoms with E-state index in [2.05, 4.69) is 13.8 Å². The van der Waals surface area contributed by atoms with Gasteiger partial charge in [-0.1, -0.05) is 13.8 Å². The summed E-state index contributed by atoms with van der Waals surface area (Å²) < 4.78 is 0. The van der Waals surface area contributed by atoms with Crippen molar-refractivity contribution >= 4 is 5.78 Å². The van der Waals surface area contributed by atoms with Crippen LogP contribution in [0, 0.1) is 29.6 Å². The van der Waals surface area contributed by atoms with E-state index in [-0.39, 0.29) is 0 Å². The molecule has 80 valence electrons. The number of fused-ring (bicyclic) bond motifs is 2. The predicted octanol–water partition coefficient (Wildman–Crippen LogP) is 3.28. The molecule has 0 aliphatic heterocycles. The van der Waals surface area contributed by atoms with Gasteiger partial charge in [-0.05, 0) is 56.3 Å². The van der Waals surface area contributed by atoms with E-state index in [4.69, 9.17) is 0 Å². The van der Waals surface area contributed by atoms with E-state index in [0.29, 0.717) is 11.7 Å². The Hall–Kier alpha value is -0.330. The third kappa shape index (κ3) is 1.62. The maximum atomic E-state index is 11.5. The Bertz CT molecular complexity index is 231. The van der Waals surface area contributed by atoms with Crippen LogP contribution in [0.5, 0.6) is 0 Å². The van der Waals surface area contributed by atoms with Crippen molar-refractivity contribution in [3.05, 3.63) is 0 Å². The third-order valence-corrected chi connectivity index (χ3v) is 4.37. The van der Waals surface area contributed by atoms with E-state index in [1.807, 2.05) is 0 Å². The van der Waals surface area contributed by atoms with E-state index in [0.717, 1.165) is 23.7 Å². The van der Waals surface area contributed by atoms with E-state index < -0.39 is 0 Å². The van der Waals surface area contributed by atoms with Crippen LogP contribution < -0.4 is 0 Å². The first kappa shape index (κ1) is 10.2. The predicted molar refractivity (Wildman–Crippen MR) is 57.9 cm³/mol. The minimum Gasteiger partial charge on any atom is -0.300 e. The summed E-state index contributed by atoms with van der Waals surface area (Å²) in [6.07, 6.45) is 5.27. The molecule has 0 amide bonds. The van der Waals surface area contributed by atoms with Gasteiger partial charge < -0.3 is 0 Å². The standard InChI is InChI=1S/C13H22O/c1-8(2)6-13-10-4-5-11(13)12(7-10)9(3)14/h8,10-13H,4-7H2,1-3H3. The summed E-state index contributed by atoms with van der Waals surface area (Å²) in [4.78, 5) is 11.5. The summed E-state index contributed by atoms with van der Waals surface area (Å²) in [7, 11) is 0. The van der Waals surface area contributed by atoms with Gasteiger partial charge in [0.1, 0.15) is 5.78 Å². The Balaban J connectivity index is 2.04. The van der Waals surface area contributed by atoms with Crippen molar-refractivity contribution in [1.29, 1.82) is 0 Å². The molecule has 0 spiro atoms. The van der Waals surface area contributed by atoms with Gasteiger partial charge in [0.25, 0.3) is 0 Å².